The Kier molecular flexibility index (Phi) is 13.8. The Hall–Kier alpha value is -2.86. The quantitative estimate of drug-likeness (QED) is 0.505. The van der Waals surface area contributed by atoms with Crippen LogP contribution in [0.2, 0.25) is 0 Å². The first-order valence-corrected chi connectivity index (χ1v) is 5.75. The molecule has 0 atom stereocenters. The first kappa shape index (κ1) is 19.5. The Morgan fingerprint density at radius 3 is 2.20 bits per heavy atom. The summed E-state index contributed by atoms with van der Waals surface area (Å²) in [7, 11) is 0. The Labute approximate surface area is 120 Å². The number of nitrogens with zero attached hydrogens (tertiary/aromatic N) is 1. The second kappa shape index (κ2) is 14.2. The second-order valence-corrected chi connectivity index (χ2v) is 3.26. The highest BCUT2D eigenvalue weighted by atomic mass is 16.4. The number of nitriles is 1. The van der Waals surface area contributed by atoms with Crippen molar-refractivity contribution >= 4 is 12.0 Å². The largest absolute Gasteiger partial charge is 0.478 e. The van der Waals surface area contributed by atoms with Gasteiger partial charge in [-0.15, -0.1) is 13.2 Å². The lowest BCUT2D eigenvalue weighted by molar-refractivity contribution is -0.132. The van der Waals surface area contributed by atoms with E-state index in [4.69, 9.17) is 10.4 Å². The number of carbonyl (C=O) groups is 1. The molecule has 20 heavy (non-hydrogen) atoms. The molecule has 1 N–H and O–H groups in total. The van der Waals surface area contributed by atoms with Crippen LogP contribution in [0, 0.1) is 11.3 Å². The summed E-state index contributed by atoms with van der Waals surface area (Å²) in [5.74, 6) is -0.942. The van der Waals surface area contributed by atoms with E-state index in [9.17, 15) is 4.79 Å². The lowest BCUT2D eigenvalue weighted by atomic mass is 10.1. The molecular formula is C17H19NO2. The third kappa shape index (κ3) is 11.6. The van der Waals surface area contributed by atoms with E-state index in [1.165, 1.54) is 6.08 Å². The van der Waals surface area contributed by atoms with Crippen molar-refractivity contribution in [2.24, 2.45) is 0 Å². The molecule has 1 aromatic rings. The molecule has 3 nitrogen and oxygen atoms in total. The molecule has 0 heterocycles. The zero-order valence-corrected chi connectivity index (χ0v) is 11.5. The van der Waals surface area contributed by atoms with Crippen molar-refractivity contribution in [3.63, 3.8) is 0 Å². The lowest BCUT2D eigenvalue weighted by Crippen LogP contribution is -1.96. The van der Waals surface area contributed by atoms with Crippen LogP contribution >= 0.6 is 0 Å². The summed E-state index contributed by atoms with van der Waals surface area (Å²) in [6, 6.07) is 11.4. The number of benzene rings is 1. The molecule has 104 valence electrons. The molecule has 0 saturated carbocycles. The number of allylic oxidation sites excluding steroid dienone is 2. The van der Waals surface area contributed by atoms with E-state index >= 15 is 0 Å². The highest BCUT2D eigenvalue weighted by molar-refractivity contribution is 5.86. The van der Waals surface area contributed by atoms with Crippen LogP contribution in [-0.2, 0) is 4.79 Å². The van der Waals surface area contributed by atoms with Gasteiger partial charge in [-0.1, -0.05) is 55.6 Å². The van der Waals surface area contributed by atoms with Crippen molar-refractivity contribution in [3.05, 3.63) is 79.9 Å². The average Bonchev–Trinajstić information content (AvgIpc) is 2.50. The monoisotopic (exact) mass is 269 g/mol. The van der Waals surface area contributed by atoms with Gasteiger partial charge in [0.2, 0.25) is 0 Å². The van der Waals surface area contributed by atoms with Gasteiger partial charge in [-0.2, -0.15) is 5.26 Å². The normalized spacial score (nSPS) is 8.15. The van der Waals surface area contributed by atoms with Crippen LogP contribution in [0.5, 0.6) is 0 Å². The molecule has 0 aliphatic carbocycles. The minimum Gasteiger partial charge on any atom is -0.478 e. The number of aliphatic carboxylic acids is 1. The van der Waals surface area contributed by atoms with Crippen molar-refractivity contribution < 1.29 is 9.90 Å². The number of hydrogen-bond donors (Lipinski definition) is 1. The van der Waals surface area contributed by atoms with Crippen molar-refractivity contribution in [1.29, 1.82) is 5.26 Å². The van der Waals surface area contributed by atoms with Crippen LogP contribution in [0.25, 0.3) is 6.08 Å². The molecule has 0 bridgehead atoms. The lowest BCUT2D eigenvalue weighted by Gasteiger charge is -1.93. The fraction of sp³-hybridized carbons (Fsp3) is 0.0588. The van der Waals surface area contributed by atoms with Crippen molar-refractivity contribution in [2.75, 3.05) is 0 Å². The molecule has 0 fully saturated rings. The molecule has 0 aliphatic heterocycles. The smallest absolute Gasteiger partial charge is 0.331 e. The molecule has 0 spiro atoms. The maximum Gasteiger partial charge on any atom is 0.331 e. The predicted octanol–water partition coefficient (Wildman–Crippen LogP) is 4.23. The first-order chi connectivity index (χ1) is 9.61. The maximum atomic E-state index is 10.4. The summed E-state index contributed by atoms with van der Waals surface area (Å²) >= 11 is 0. The number of hydrogen-bond acceptors (Lipinski definition) is 2. The van der Waals surface area contributed by atoms with E-state index in [1.807, 2.05) is 36.4 Å². The summed E-state index contributed by atoms with van der Waals surface area (Å²) in [5.41, 5.74) is 1.27. The topological polar surface area (TPSA) is 61.1 Å². The number of rotatable bonds is 4. The van der Waals surface area contributed by atoms with Gasteiger partial charge in [0.05, 0.1) is 6.07 Å². The highest BCUT2D eigenvalue weighted by Gasteiger charge is 1.99. The van der Waals surface area contributed by atoms with Gasteiger partial charge in [0.15, 0.2) is 0 Å². The van der Waals surface area contributed by atoms with E-state index < -0.39 is 5.97 Å². The Bertz CT molecular complexity index is 481. The molecule has 1 aromatic carbocycles. The fourth-order valence-corrected chi connectivity index (χ4v) is 0.989. The molecule has 0 aliphatic rings. The van der Waals surface area contributed by atoms with Gasteiger partial charge < -0.3 is 5.11 Å². The fourth-order valence-electron chi connectivity index (χ4n) is 0.989. The highest BCUT2D eigenvalue weighted by Crippen LogP contribution is 2.05. The Morgan fingerprint density at radius 2 is 1.80 bits per heavy atom. The summed E-state index contributed by atoms with van der Waals surface area (Å²) in [5, 5.41) is 16.1. The molecule has 0 radical (unpaired) electrons. The average molecular weight is 269 g/mol. The third-order valence-corrected chi connectivity index (χ3v) is 1.87. The SMILES string of the molecule is C=C.C=C(CC=Cc1ccccc1)C(=O)O.C=CC#N. The summed E-state index contributed by atoms with van der Waals surface area (Å²) < 4.78 is 0. The molecular weight excluding hydrogens is 250 g/mol. The molecule has 0 unspecified atom stereocenters. The van der Waals surface area contributed by atoms with Gasteiger partial charge >= 0.3 is 5.97 Å². The summed E-state index contributed by atoms with van der Waals surface area (Å²) in [6.45, 7) is 12.6. The van der Waals surface area contributed by atoms with Crippen LogP contribution < -0.4 is 0 Å². The van der Waals surface area contributed by atoms with Gasteiger partial charge in [0.1, 0.15) is 0 Å². The molecule has 1 rings (SSSR count). The molecule has 0 saturated heterocycles. The van der Waals surface area contributed by atoms with E-state index in [2.05, 4.69) is 26.3 Å². The predicted molar refractivity (Wildman–Crippen MR) is 83.9 cm³/mol. The van der Waals surface area contributed by atoms with Crippen LogP contribution in [0.3, 0.4) is 0 Å². The maximum absolute atomic E-state index is 10.4. The molecule has 0 aromatic heterocycles. The molecule has 0 amide bonds. The first-order valence-electron chi connectivity index (χ1n) is 5.75. The van der Waals surface area contributed by atoms with Gasteiger partial charge in [0, 0.05) is 11.6 Å². The van der Waals surface area contributed by atoms with Crippen molar-refractivity contribution in [1.82, 2.24) is 0 Å². The van der Waals surface area contributed by atoms with Crippen LogP contribution in [-0.4, -0.2) is 11.1 Å². The van der Waals surface area contributed by atoms with E-state index in [0.29, 0.717) is 6.42 Å². The number of carboxylic acids is 1. The van der Waals surface area contributed by atoms with Gasteiger partial charge in [-0.25, -0.2) is 4.79 Å². The Balaban J connectivity index is 0. The van der Waals surface area contributed by atoms with E-state index in [-0.39, 0.29) is 5.57 Å². The Morgan fingerprint density at radius 1 is 1.30 bits per heavy atom. The standard InChI is InChI=1S/C12H12O2.C3H3N.C2H4/c1-10(12(13)14)6-5-9-11-7-3-2-4-8-11;1-2-3-4;1-2/h2-5,7-9H,1,6H2,(H,13,14);2H,1H2;1-2H2. The van der Waals surface area contributed by atoms with Gasteiger partial charge in [-0.3, -0.25) is 0 Å². The second-order valence-electron chi connectivity index (χ2n) is 3.26. The van der Waals surface area contributed by atoms with Gasteiger partial charge in [-0.05, 0) is 12.0 Å². The van der Waals surface area contributed by atoms with Crippen LogP contribution in [0.1, 0.15) is 12.0 Å². The van der Waals surface area contributed by atoms with Crippen LogP contribution in [0.4, 0.5) is 0 Å². The molecule has 3 heteroatoms. The summed E-state index contributed by atoms with van der Waals surface area (Å²) in [4.78, 5) is 10.4. The van der Waals surface area contributed by atoms with E-state index in [1.54, 1.807) is 12.1 Å². The van der Waals surface area contributed by atoms with Crippen LogP contribution in [0.15, 0.2) is 74.4 Å². The zero-order chi connectivity index (χ0) is 15.8. The zero-order valence-electron chi connectivity index (χ0n) is 11.5. The number of carboxylic acid groups (broad SMARTS) is 1. The van der Waals surface area contributed by atoms with E-state index in [0.717, 1.165) is 5.56 Å². The minimum atomic E-state index is -0.942. The van der Waals surface area contributed by atoms with Gasteiger partial charge in [0.25, 0.3) is 0 Å². The minimum absolute atomic E-state index is 0.206. The van der Waals surface area contributed by atoms with Crippen molar-refractivity contribution in [2.45, 2.75) is 6.42 Å². The summed E-state index contributed by atoms with van der Waals surface area (Å²) in [6.07, 6.45) is 5.24. The third-order valence-electron chi connectivity index (χ3n) is 1.87. The van der Waals surface area contributed by atoms with Crippen molar-refractivity contribution in [3.8, 4) is 6.07 Å².